The Hall–Kier alpha value is -2.88. The number of esters is 1. The molecule has 0 fully saturated rings. The number of nitriles is 1. The van der Waals surface area contributed by atoms with Gasteiger partial charge >= 0.3 is 5.97 Å². The number of imidazole rings is 1. The number of carbonyl (C=O) groups excluding carboxylic acids is 1. The zero-order valence-electron chi connectivity index (χ0n) is 9.77. The number of rotatable bonds is 1. The highest BCUT2D eigenvalue weighted by Crippen LogP contribution is 2.24. The Morgan fingerprint density at radius 1 is 1.58 bits per heavy atom. The maximum atomic E-state index is 13.5. The Labute approximate surface area is 106 Å². The van der Waals surface area contributed by atoms with Gasteiger partial charge in [0.25, 0.3) is 0 Å². The molecule has 0 atom stereocenters. The average molecular weight is 258 g/mol. The SMILES string of the molecule is COC(=O)c1cc(F)cc2[nH]c3c(C#N)cnn3c12. The van der Waals surface area contributed by atoms with Gasteiger partial charge in [0.2, 0.25) is 0 Å². The molecule has 0 unspecified atom stereocenters. The van der Waals surface area contributed by atoms with Gasteiger partial charge < -0.3 is 9.72 Å². The Kier molecular flexibility index (Phi) is 2.25. The average Bonchev–Trinajstić information content (AvgIpc) is 2.94. The summed E-state index contributed by atoms with van der Waals surface area (Å²) in [5.41, 5.74) is 1.53. The van der Waals surface area contributed by atoms with E-state index in [0.29, 0.717) is 22.2 Å². The summed E-state index contributed by atoms with van der Waals surface area (Å²) in [6, 6.07) is 4.28. The van der Waals surface area contributed by atoms with Crippen LogP contribution < -0.4 is 0 Å². The summed E-state index contributed by atoms with van der Waals surface area (Å²) in [5, 5.41) is 13.0. The summed E-state index contributed by atoms with van der Waals surface area (Å²) in [4.78, 5) is 14.6. The summed E-state index contributed by atoms with van der Waals surface area (Å²) in [7, 11) is 1.21. The molecule has 3 rings (SSSR count). The molecule has 94 valence electrons. The predicted octanol–water partition coefficient (Wildman–Crippen LogP) is 1.61. The number of benzene rings is 1. The maximum Gasteiger partial charge on any atom is 0.340 e. The number of hydrogen-bond donors (Lipinski definition) is 1. The molecule has 3 aromatic rings. The van der Waals surface area contributed by atoms with E-state index >= 15 is 0 Å². The van der Waals surface area contributed by atoms with Crippen molar-refractivity contribution in [3.05, 3.63) is 35.3 Å². The number of aromatic nitrogens is 3. The van der Waals surface area contributed by atoms with E-state index in [1.807, 2.05) is 6.07 Å². The standard InChI is InChI=1S/C12H7FN4O2/c1-19-12(18)8-2-7(13)3-9-10(8)17-11(16-9)6(4-14)5-15-17/h2-3,5,16H,1H3. The van der Waals surface area contributed by atoms with E-state index in [4.69, 9.17) is 5.26 Å². The molecule has 0 aliphatic rings. The van der Waals surface area contributed by atoms with Crippen molar-refractivity contribution in [2.24, 2.45) is 0 Å². The molecular weight excluding hydrogens is 251 g/mol. The monoisotopic (exact) mass is 258 g/mol. The van der Waals surface area contributed by atoms with Gasteiger partial charge in [-0.1, -0.05) is 0 Å². The number of H-pyrrole nitrogens is 1. The largest absolute Gasteiger partial charge is 0.465 e. The second-order valence-corrected chi connectivity index (χ2v) is 3.90. The first-order valence-electron chi connectivity index (χ1n) is 5.33. The van der Waals surface area contributed by atoms with E-state index in [1.54, 1.807) is 0 Å². The highest BCUT2D eigenvalue weighted by molar-refractivity contribution is 6.03. The highest BCUT2D eigenvalue weighted by Gasteiger charge is 2.19. The molecule has 1 N–H and O–H groups in total. The fourth-order valence-electron chi connectivity index (χ4n) is 2.04. The minimum Gasteiger partial charge on any atom is -0.465 e. The van der Waals surface area contributed by atoms with Crippen LogP contribution in [0.25, 0.3) is 16.7 Å². The molecule has 1 aromatic carbocycles. The summed E-state index contributed by atoms with van der Waals surface area (Å²) in [6.45, 7) is 0. The van der Waals surface area contributed by atoms with Gasteiger partial charge in [-0.2, -0.15) is 10.4 Å². The fraction of sp³-hybridized carbons (Fsp3) is 0.0833. The van der Waals surface area contributed by atoms with Gasteiger partial charge in [-0.25, -0.2) is 13.7 Å². The van der Waals surface area contributed by atoms with E-state index in [1.165, 1.54) is 23.9 Å². The van der Waals surface area contributed by atoms with E-state index < -0.39 is 11.8 Å². The molecule has 0 saturated heterocycles. The zero-order valence-corrected chi connectivity index (χ0v) is 9.77. The summed E-state index contributed by atoms with van der Waals surface area (Å²) >= 11 is 0. The van der Waals surface area contributed by atoms with Crippen molar-refractivity contribution in [3.63, 3.8) is 0 Å². The van der Waals surface area contributed by atoms with Crippen LogP contribution in [-0.2, 0) is 4.74 Å². The number of hydrogen-bond acceptors (Lipinski definition) is 4. The van der Waals surface area contributed by atoms with Gasteiger partial charge in [-0.15, -0.1) is 0 Å². The van der Waals surface area contributed by atoms with Crippen LogP contribution in [0.5, 0.6) is 0 Å². The van der Waals surface area contributed by atoms with Crippen molar-refractivity contribution in [2.45, 2.75) is 0 Å². The minimum atomic E-state index is -0.667. The highest BCUT2D eigenvalue weighted by atomic mass is 19.1. The van der Waals surface area contributed by atoms with Crippen molar-refractivity contribution in [2.75, 3.05) is 7.11 Å². The van der Waals surface area contributed by atoms with E-state index in [9.17, 15) is 9.18 Å². The lowest BCUT2D eigenvalue weighted by Gasteiger charge is -2.01. The van der Waals surface area contributed by atoms with Crippen molar-refractivity contribution in [1.29, 1.82) is 5.26 Å². The molecule has 19 heavy (non-hydrogen) atoms. The van der Waals surface area contributed by atoms with Crippen LogP contribution in [0.1, 0.15) is 15.9 Å². The van der Waals surface area contributed by atoms with Crippen LogP contribution in [0.3, 0.4) is 0 Å². The van der Waals surface area contributed by atoms with Gasteiger partial charge in [0, 0.05) is 0 Å². The molecule has 0 saturated carbocycles. The normalized spacial score (nSPS) is 10.8. The Morgan fingerprint density at radius 3 is 3.05 bits per heavy atom. The van der Waals surface area contributed by atoms with Crippen molar-refractivity contribution in [1.82, 2.24) is 14.6 Å². The lowest BCUT2D eigenvalue weighted by Crippen LogP contribution is -2.04. The van der Waals surface area contributed by atoms with Gasteiger partial charge in [-0.3, -0.25) is 0 Å². The third-order valence-corrected chi connectivity index (χ3v) is 2.83. The second-order valence-electron chi connectivity index (χ2n) is 3.90. The first-order valence-corrected chi connectivity index (χ1v) is 5.33. The van der Waals surface area contributed by atoms with Crippen LogP contribution in [0.2, 0.25) is 0 Å². The van der Waals surface area contributed by atoms with Gasteiger partial charge in [0.15, 0.2) is 5.65 Å². The number of carbonyl (C=O) groups is 1. The lowest BCUT2D eigenvalue weighted by molar-refractivity contribution is 0.0602. The van der Waals surface area contributed by atoms with Gasteiger partial charge in [-0.05, 0) is 12.1 Å². The van der Waals surface area contributed by atoms with Crippen LogP contribution in [0.15, 0.2) is 18.3 Å². The lowest BCUT2D eigenvalue weighted by atomic mass is 10.2. The Morgan fingerprint density at radius 2 is 2.37 bits per heavy atom. The first-order chi connectivity index (χ1) is 9.15. The number of halogens is 1. The molecule has 0 spiro atoms. The third kappa shape index (κ3) is 1.47. The molecule has 7 heteroatoms. The number of aromatic amines is 1. The van der Waals surface area contributed by atoms with Gasteiger partial charge in [0.05, 0.1) is 24.4 Å². The maximum absolute atomic E-state index is 13.5. The molecule has 0 radical (unpaired) electrons. The van der Waals surface area contributed by atoms with E-state index in [0.717, 1.165) is 6.07 Å². The number of nitrogens with one attached hydrogen (secondary N) is 1. The van der Waals surface area contributed by atoms with Crippen LogP contribution in [-0.4, -0.2) is 27.7 Å². The molecule has 0 bridgehead atoms. The second kappa shape index (κ2) is 3.81. The number of methoxy groups -OCH3 is 1. The van der Waals surface area contributed by atoms with Crippen LogP contribution in [0, 0.1) is 17.1 Å². The van der Waals surface area contributed by atoms with Crippen molar-refractivity contribution >= 4 is 22.6 Å². The van der Waals surface area contributed by atoms with E-state index in [2.05, 4.69) is 14.8 Å². The van der Waals surface area contributed by atoms with E-state index in [-0.39, 0.29) is 5.56 Å². The number of ether oxygens (including phenoxy) is 1. The molecule has 6 nitrogen and oxygen atoms in total. The Balaban J connectivity index is 2.49. The van der Waals surface area contributed by atoms with Gasteiger partial charge in [0.1, 0.15) is 23.0 Å². The summed E-state index contributed by atoms with van der Waals surface area (Å²) in [6.07, 6.45) is 1.37. The first kappa shape index (κ1) is 11.2. The number of fused-ring (bicyclic) bond motifs is 3. The van der Waals surface area contributed by atoms with Crippen LogP contribution >= 0.6 is 0 Å². The smallest absolute Gasteiger partial charge is 0.340 e. The summed E-state index contributed by atoms with van der Waals surface area (Å²) in [5.74, 6) is -1.24. The molecule has 2 heterocycles. The minimum absolute atomic E-state index is 0.0522. The van der Waals surface area contributed by atoms with Crippen molar-refractivity contribution in [3.8, 4) is 6.07 Å². The zero-order chi connectivity index (χ0) is 13.6. The quantitative estimate of drug-likeness (QED) is 0.672. The topological polar surface area (TPSA) is 83.2 Å². The van der Waals surface area contributed by atoms with Crippen molar-refractivity contribution < 1.29 is 13.9 Å². The predicted molar refractivity (Wildman–Crippen MR) is 63.1 cm³/mol. The molecule has 0 aliphatic carbocycles. The summed E-state index contributed by atoms with van der Waals surface area (Å²) < 4.78 is 19.5. The molecular formula is C12H7FN4O2. The number of nitrogens with zero attached hydrogens (tertiary/aromatic N) is 3. The third-order valence-electron chi connectivity index (χ3n) is 2.83. The Bertz CT molecular complexity index is 856. The molecule has 0 aliphatic heterocycles. The fourth-order valence-corrected chi connectivity index (χ4v) is 2.04. The molecule has 0 amide bonds. The molecule has 2 aromatic heterocycles. The van der Waals surface area contributed by atoms with Crippen LogP contribution in [0.4, 0.5) is 4.39 Å².